The third-order valence-corrected chi connectivity index (χ3v) is 4.44. The summed E-state index contributed by atoms with van der Waals surface area (Å²) in [6.45, 7) is 12.8. The number of nitrogens with zero attached hydrogens (tertiary/aromatic N) is 1. The molecule has 100 valence electrons. The molecule has 3 heteroatoms. The molecule has 1 aliphatic heterocycles. The fraction of sp³-hybridized carbons (Fsp3) is 0.600. The highest BCUT2D eigenvalue weighted by Crippen LogP contribution is 2.16. The normalized spacial score (nSPS) is 18.1. The van der Waals surface area contributed by atoms with Crippen molar-refractivity contribution in [1.82, 2.24) is 10.2 Å². The second-order valence-electron chi connectivity index (χ2n) is 5.40. The first kappa shape index (κ1) is 13.8. The first-order chi connectivity index (χ1) is 8.63. The van der Waals surface area contributed by atoms with Crippen molar-refractivity contribution in [3.05, 3.63) is 34.0 Å². The van der Waals surface area contributed by atoms with E-state index in [-0.39, 0.29) is 0 Å². The van der Waals surface area contributed by atoms with Gasteiger partial charge in [0.05, 0.1) is 0 Å². The zero-order valence-electron chi connectivity index (χ0n) is 11.5. The van der Waals surface area contributed by atoms with Crippen molar-refractivity contribution < 1.29 is 0 Å². The number of rotatable bonds is 5. The van der Waals surface area contributed by atoms with E-state index in [0.717, 1.165) is 13.1 Å². The fourth-order valence-electron chi connectivity index (χ4n) is 2.50. The number of piperidine rings is 1. The van der Waals surface area contributed by atoms with Gasteiger partial charge in [0.15, 0.2) is 0 Å². The van der Waals surface area contributed by atoms with Crippen LogP contribution in [0.15, 0.2) is 24.3 Å². The predicted octanol–water partition coefficient (Wildman–Crippen LogP) is 3.19. The van der Waals surface area contributed by atoms with Crippen molar-refractivity contribution >= 4 is 11.3 Å². The summed E-state index contributed by atoms with van der Waals surface area (Å²) in [4.78, 5) is 5.37. The Morgan fingerprint density at radius 1 is 1.44 bits per heavy atom. The molecule has 1 aliphatic rings. The number of likely N-dealkylation sites (tertiary alicyclic amines) is 1. The number of nitrogens with one attached hydrogen (secondary N) is 1. The Labute approximate surface area is 115 Å². The molecule has 2 rings (SSSR count). The Kier molecular flexibility index (Phi) is 4.98. The molecule has 0 spiro atoms. The highest BCUT2D eigenvalue weighted by atomic mass is 32.1. The summed E-state index contributed by atoms with van der Waals surface area (Å²) in [5.41, 5.74) is 1.27. The van der Waals surface area contributed by atoms with Gasteiger partial charge in [-0.25, -0.2) is 0 Å². The van der Waals surface area contributed by atoms with E-state index in [1.165, 1.54) is 41.3 Å². The van der Waals surface area contributed by atoms with Gasteiger partial charge in [0.2, 0.25) is 0 Å². The second kappa shape index (κ2) is 6.50. The maximum absolute atomic E-state index is 3.99. The zero-order valence-corrected chi connectivity index (χ0v) is 12.4. The average Bonchev–Trinajstić information content (AvgIpc) is 2.74. The van der Waals surface area contributed by atoms with Crippen molar-refractivity contribution in [3.63, 3.8) is 0 Å². The molecule has 0 saturated carbocycles. The molecule has 0 aromatic carbocycles. The quantitative estimate of drug-likeness (QED) is 0.822. The highest BCUT2D eigenvalue weighted by molar-refractivity contribution is 7.11. The van der Waals surface area contributed by atoms with Crippen molar-refractivity contribution in [2.75, 3.05) is 19.6 Å². The monoisotopic (exact) mass is 264 g/mol. The molecule has 0 bridgehead atoms. The summed E-state index contributed by atoms with van der Waals surface area (Å²) >= 11 is 1.90. The van der Waals surface area contributed by atoms with Crippen molar-refractivity contribution in [2.45, 2.75) is 39.3 Å². The molecule has 0 unspecified atom stereocenters. The Bertz CT molecular complexity index is 389. The van der Waals surface area contributed by atoms with Crippen LogP contribution in [0.5, 0.6) is 0 Å². The Morgan fingerprint density at radius 2 is 2.17 bits per heavy atom. The van der Waals surface area contributed by atoms with Crippen LogP contribution < -0.4 is 5.32 Å². The van der Waals surface area contributed by atoms with E-state index in [1.807, 2.05) is 11.3 Å². The van der Waals surface area contributed by atoms with Gasteiger partial charge in [0.1, 0.15) is 0 Å². The minimum absolute atomic E-state index is 0.689. The standard InChI is InChI=1S/C15H24N2S/c1-12(2)11-17-8-6-14(7-9-17)16-10-15-5-4-13(3)18-15/h4-5,14,16H,1,6-11H2,2-3H3. The van der Waals surface area contributed by atoms with Gasteiger partial charge in [0.25, 0.3) is 0 Å². The SMILES string of the molecule is C=C(C)CN1CCC(NCc2ccc(C)s2)CC1. The molecule has 1 aromatic rings. The number of hydrogen-bond acceptors (Lipinski definition) is 3. The molecule has 18 heavy (non-hydrogen) atoms. The van der Waals surface area contributed by atoms with Crippen molar-refractivity contribution in [3.8, 4) is 0 Å². The van der Waals surface area contributed by atoms with Crippen LogP contribution in [0.3, 0.4) is 0 Å². The molecule has 2 nitrogen and oxygen atoms in total. The summed E-state index contributed by atoms with van der Waals surface area (Å²) in [6, 6.07) is 5.13. The lowest BCUT2D eigenvalue weighted by atomic mass is 10.0. The van der Waals surface area contributed by atoms with Gasteiger partial charge >= 0.3 is 0 Å². The molecule has 0 aliphatic carbocycles. The summed E-state index contributed by atoms with van der Waals surface area (Å²) < 4.78 is 0. The topological polar surface area (TPSA) is 15.3 Å². The van der Waals surface area contributed by atoms with Crippen LogP contribution in [0.4, 0.5) is 0 Å². The molecule has 0 radical (unpaired) electrons. The number of hydrogen-bond donors (Lipinski definition) is 1. The zero-order chi connectivity index (χ0) is 13.0. The minimum Gasteiger partial charge on any atom is -0.309 e. The lowest BCUT2D eigenvalue weighted by Crippen LogP contribution is -2.42. The van der Waals surface area contributed by atoms with Crippen LogP contribution in [0.1, 0.15) is 29.5 Å². The number of aryl methyl sites for hydroxylation is 1. The maximum atomic E-state index is 3.99. The van der Waals surface area contributed by atoms with E-state index < -0.39 is 0 Å². The molecular weight excluding hydrogens is 240 g/mol. The molecule has 0 amide bonds. The summed E-state index contributed by atoms with van der Waals surface area (Å²) in [6.07, 6.45) is 2.52. The van der Waals surface area contributed by atoms with Crippen molar-refractivity contribution in [1.29, 1.82) is 0 Å². The van der Waals surface area contributed by atoms with Gasteiger partial charge in [-0.3, -0.25) is 4.90 Å². The van der Waals surface area contributed by atoms with Crippen LogP contribution in [0.2, 0.25) is 0 Å². The third kappa shape index (κ3) is 4.23. The highest BCUT2D eigenvalue weighted by Gasteiger charge is 2.18. The first-order valence-electron chi connectivity index (χ1n) is 6.79. The van der Waals surface area contributed by atoms with Crippen LogP contribution in [0.25, 0.3) is 0 Å². The van der Waals surface area contributed by atoms with E-state index >= 15 is 0 Å². The molecule has 1 fully saturated rings. The van der Waals surface area contributed by atoms with Gasteiger partial charge in [-0.15, -0.1) is 11.3 Å². The third-order valence-electron chi connectivity index (χ3n) is 3.44. The maximum Gasteiger partial charge on any atom is 0.0302 e. The summed E-state index contributed by atoms with van der Waals surface area (Å²) in [7, 11) is 0. The van der Waals surface area contributed by atoms with E-state index in [9.17, 15) is 0 Å². The summed E-state index contributed by atoms with van der Waals surface area (Å²) in [5.74, 6) is 0. The van der Waals surface area contributed by atoms with Gasteiger partial charge in [0, 0.05) is 28.9 Å². The van der Waals surface area contributed by atoms with Crippen LogP contribution >= 0.6 is 11.3 Å². The molecule has 1 N–H and O–H groups in total. The van der Waals surface area contributed by atoms with Gasteiger partial charge in [-0.05, 0) is 51.9 Å². The lowest BCUT2D eigenvalue weighted by molar-refractivity contribution is 0.211. The minimum atomic E-state index is 0.689. The smallest absolute Gasteiger partial charge is 0.0302 e. The molecule has 1 saturated heterocycles. The Morgan fingerprint density at radius 3 is 2.72 bits per heavy atom. The Hall–Kier alpha value is -0.640. The Balaban J connectivity index is 1.69. The molecule has 0 atom stereocenters. The summed E-state index contributed by atoms with van der Waals surface area (Å²) in [5, 5.41) is 3.69. The molecular formula is C15H24N2S. The average molecular weight is 264 g/mol. The van der Waals surface area contributed by atoms with E-state index in [0.29, 0.717) is 6.04 Å². The van der Waals surface area contributed by atoms with Gasteiger partial charge < -0.3 is 5.32 Å². The van der Waals surface area contributed by atoms with E-state index in [4.69, 9.17) is 0 Å². The second-order valence-corrected chi connectivity index (χ2v) is 6.77. The van der Waals surface area contributed by atoms with Crippen LogP contribution in [0, 0.1) is 6.92 Å². The molecule has 1 aromatic heterocycles. The van der Waals surface area contributed by atoms with Crippen molar-refractivity contribution in [2.24, 2.45) is 0 Å². The largest absolute Gasteiger partial charge is 0.309 e. The van der Waals surface area contributed by atoms with E-state index in [1.54, 1.807) is 0 Å². The number of thiophene rings is 1. The van der Waals surface area contributed by atoms with Gasteiger partial charge in [-0.2, -0.15) is 0 Å². The first-order valence-corrected chi connectivity index (χ1v) is 7.60. The van der Waals surface area contributed by atoms with E-state index in [2.05, 4.69) is 42.8 Å². The lowest BCUT2D eigenvalue weighted by Gasteiger charge is -2.32. The van der Waals surface area contributed by atoms with Crippen LogP contribution in [-0.4, -0.2) is 30.6 Å². The van der Waals surface area contributed by atoms with Gasteiger partial charge in [-0.1, -0.05) is 12.2 Å². The van der Waals surface area contributed by atoms with Crippen LogP contribution in [-0.2, 0) is 6.54 Å². The predicted molar refractivity (Wildman–Crippen MR) is 80.2 cm³/mol. The molecule has 2 heterocycles. The fourth-order valence-corrected chi connectivity index (χ4v) is 3.34.